The molecule has 0 aliphatic rings. The third-order valence-corrected chi connectivity index (χ3v) is 3.41. The van der Waals surface area contributed by atoms with Crippen molar-refractivity contribution in [2.45, 2.75) is 60.8 Å². The van der Waals surface area contributed by atoms with Gasteiger partial charge in [-0.1, -0.05) is 41.5 Å². The van der Waals surface area contributed by atoms with E-state index in [-0.39, 0.29) is 0 Å². The Balaban J connectivity index is 3.83. The van der Waals surface area contributed by atoms with Crippen LogP contribution in [-0.4, -0.2) is 37.6 Å². The fourth-order valence-electron chi connectivity index (χ4n) is 2.46. The summed E-state index contributed by atoms with van der Waals surface area (Å²) in [7, 11) is 0. The van der Waals surface area contributed by atoms with Crippen LogP contribution in [0.1, 0.15) is 60.8 Å². The van der Waals surface area contributed by atoms with Gasteiger partial charge in [-0.2, -0.15) is 0 Å². The zero-order chi connectivity index (χ0) is 14.7. The van der Waals surface area contributed by atoms with Crippen molar-refractivity contribution < 1.29 is 0 Å². The van der Waals surface area contributed by atoms with E-state index >= 15 is 0 Å². The van der Waals surface area contributed by atoms with Crippen molar-refractivity contribution in [1.82, 2.24) is 10.2 Å². The van der Waals surface area contributed by atoms with Gasteiger partial charge >= 0.3 is 0 Å². The van der Waals surface area contributed by atoms with Gasteiger partial charge in [0.2, 0.25) is 0 Å². The standard InChI is InChI=1S/C17H38N2/c1-7-10-19(11-8-9-15(2)3)14-17(6)13-18-12-16(4)5/h15-18H,7-14H2,1-6H3. The lowest BCUT2D eigenvalue weighted by molar-refractivity contribution is 0.226. The monoisotopic (exact) mass is 270 g/mol. The molecular weight excluding hydrogens is 232 g/mol. The van der Waals surface area contributed by atoms with E-state index in [1.54, 1.807) is 0 Å². The lowest BCUT2D eigenvalue weighted by Crippen LogP contribution is -2.35. The SMILES string of the molecule is CCCN(CCCC(C)C)CC(C)CNCC(C)C. The molecule has 0 aliphatic heterocycles. The lowest BCUT2D eigenvalue weighted by atomic mass is 10.1. The first-order valence-electron chi connectivity index (χ1n) is 8.38. The van der Waals surface area contributed by atoms with Crippen LogP contribution in [0.15, 0.2) is 0 Å². The maximum absolute atomic E-state index is 3.58. The maximum Gasteiger partial charge on any atom is 0.00191 e. The van der Waals surface area contributed by atoms with E-state index in [2.05, 4.69) is 51.8 Å². The minimum absolute atomic E-state index is 0.754. The second kappa shape index (κ2) is 11.7. The van der Waals surface area contributed by atoms with Crippen molar-refractivity contribution in [1.29, 1.82) is 0 Å². The summed E-state index contributed by atoms with van der Waals surface area (Å²) in [4.78, 5) is 2.66. The van der Waals surface area contributed by atoms with Crippen molar-refractivity contribution in [2.75, 3.05) is 32.7 Å². The Labute approximate surface area is 122 Å². The van der Waals surface area contributed by atoms with Crippen LogP contribution >= 0.6 is 0 Å². The average Bonchev–Trinajstić information content (AvgIpc) is 2.28. The Bertz CT molecular complexity index is 190. The van der Waals surface area contributed by atoms with E-state index in [1.165, 1.54) is 38.9 Å². The highest BCUT2D eigenvalue weighted by Crippen LogP contribution is 2.07. The molecular formula is C17H38N2. The molecule has 0 amide bonds. The van der Waals surface area contributed by atoms with Crippen molar-refractivity contribution in [3.63, 3.8) is 0 Å². The van der Waals surface area contributed by atoms with Gasteiger partial charge < -0.3 is 10.2 Å². The summed E-state index contributed by atoms with van der Waals surface area (Å²) in [5.41, 5.74) is 0. The van der Waals surface area contributed by atoms with Crippen LogP contribution in [0.5, 0.6) is 0 Å². The molecule has 0 saturated carbocycles. The summed E-state index contributed by atoms with van der Waals surface area (Å²) in [5, 5.41) is 3.58. The van der Waals surface area contributed by atoms with Crippen LogP contribution in [-0.2, 0) is 0 Å². The highest BCUT2D eigenvalue weighted by Gasteiger charge is 2.09. The van der Waals surface area contributed by atoms with Gasteiger partial charge in [0.05, 0.1) is 0 Å². The molecule has 0 radical (unpaired) electrons. The topological polar surface area (TPSA) is 15.3 Å². The molecule has 0 rings (SSSR count). The molecule has 1 unspecified atom stereocenters. The smallest absolute Gasteiger partial charge is 0.00191 e. The van der Waals surface area contributed by atoms with Gasteiger partial charge in [0.25, 0.3) is 0 Å². The third-order valence-electron chi connectivity index (χ3n) is 3.41. The van der Waals surface area contributed by atoms with Gasteiger partial charge in [-0.15, -0.1) is 0 Å². The molecule has 0 fully saturated rings. The first kappa shape index (κ1) is 18.9. The Morgan fingerprint density at radius 1 is 0.895 bits per heavy atom. The van der Waals surface area contributed by atoms with E-state index in [4.69, 9.17) is 0 Å². The van der Waals surface area contributed by atoms with Crippen LogP contribution < -0.4 is 5.32 Å². The predicted octanol–water partition coefficient (Wildman–Crippen LogP) is 4.02. The molecule has 2 nitrogen and oxygen atoms in total. The summed E-state index contributed by atoms with van der Waals surface area (Å²) in [5.74, 6) is 2.35. The minimum Gasteiger partial charge on any atom is -0.316 e. The van der Waals surface area contributed by atoms with Crippen molar-refractivity contribution >= 4 is 0 Å². The van der Waals surface area contributed by atoms with Crippen molar-refractivity contribution in [2.24, 2.45) is 17.8 Å². The van der Waals surface area contributed by atoms with Gasteiger partial charge in [-0.05, 0) is 63.2 Å². The predicted molar refractivity (Wildman–Crippen MR) is 87.7 cm³/mol. The Morgan fingerprint density at radius 3 is 2.11 bits per heavy atom. The number of nitrogens with zero attached hydrogens (tertiary/aromatic N) is 1. The molecule has 0 aromatic heterocycles. The van der Waals surface area contributed by atoms with Crippen LogP contribution in [0, 0.1) is 17.8 Å². The molecule has 116 valence electrons. The first-order chi connectivity index (χ1) is 8.95. The molecule has 2 heteroatoms. The fraction of sp³-hybridized carbons (Fsp3) is 1.00. The summed E-state index contributed by atoms with van der Waals surface area (Å²) in [6.45, 7) is 19.9. The molecule has 0 bridgehead atoms. The molecule has 1 N–H and O–H groups in total. The van der Waals surface area contributed by atoms with Gasteiger partial charge in [0.1, 0.15) is 0 Å². The van der Waals surface area contributed by atoms with Crippen LogP contribution in [0.2, 0.25) is 0 Å². The van der Waals surface area contributed by atoms with Crippen molar-refractivity contribution in [3.05, 3.63) is 0 Å². The zero-order valence-corrected chi connectivity index (χ0v) is 14.3. The molecule has 0 aromatic carbocycles. The van der Waals surface area contributed by atoms with Crippen molar-refractivity contribution in [3.8, 4) is 0 Å². The highest BCUT2D eigenvalue weighted by molar-refractivity contribution is 4.66. The van der Waals surface area contributed by atoms with Crippen LogP contribution in [0.3, 0.4) is 0 Å². The minimum atomic E-state index is 0.754. The summed E-state index contributed by atoms with van der Waals surface area (Å²) >= 11 is 0. The van der Waals surface area contributed by atoms with Crippen LogP contribution in [0.25, 0.3) is 0 Å². The number of hydrogen-bond donors (Lipinski definition) is 1. The van der Waals surface area contributed by atoms with Gasteiger partial charge in [0.15, 0.2) is 0 Å². The second-order valence-corrected chi connectivity index (χ2v) is 6.99. The van der Waals surface area contributed by atoms with E-state index in [0.717, 1.165) is 30.8 Å². The Hall–Kier alpha value is -0.0800. The van der Waals surface area contributed by atoms with E-state index in [9.17, 15) is 0 Å². The molecule has 0 saturated heterocycles. The molecule has 0 aliphatic carbocycles. The van der Waals surface area contributed by atoms with E-state index in [1.807, 2.05) is 0 Å². The normalized spacial score (nSPS) is 13.7. The van der Waals surface area contributed by atoms with Gasteiger partial charge in [-0.3, -0.25) is 0 Å². The zero-order valence-electron chi connectivity index (χ0n) is 14.3. The Kier molecular flexibility index (Phi) is 11.7. The largest absolute Gasteiger partial charge is 0.316 e. The number of hydrogen-bond acceptors (Lipinski definition) is 2. The molecule has 1 atom stereocenters. The maximum atomic E-state index is 3.58. The molecule has 0 spiro atoms. The first-order valence-corrected chi connectivity index (χ1v) is 8.38. The molecule has 19 heavy (non-hydrogen) atoms. The van der Waals surface area contributed by atoms with Crippen LogP contribution in [0.4, 0.5) is 0 Å². The molecule has 0 heterocycles. The Morgan fingerprint density at radius 2 is 1.58 bits per heavy atom. The number of rotatable bonds is 12. The summed E-state index contributed by atoms with van der Waals surface area (Å²) < 4.78 is 0. The average molecular weight is 271 g/mol. The third kappa shape index (κ3) is 12.7. The quantitative estimate of drug-likeness (QED) is 0.576. The summed E-state index contributed by atoms with van der Waals surface area (Å²) in [6, 6.07) is 0. The van der Waals surface area contributed by atoms with Gasteiger partial charge in [-0.25, -0.2) is 0 Å². The van der Waals surface area contributed by atoms with E-state index < -0.39 is 0 Å². The fourth-order valence-corrected chi connectivity index (χ4v) is 2.46. The second-order valence-electron chi connectivity index (χ2n) is 6.99. The summed E-state index contributed by atoms with van der Waals surface area (Å²) in [6.07, 6.45) is 3.98. The number of nitrogens with one attached hydrogen (secondary N) is 1. The lowest BCUT2D eigenvalue weighted by Gasteiger charge is -2.26. The molecule has 0 aromatic rings. The van der Waals surface area contributed by atoms with E-state index in [0.29, 0.717) is 0 Å². The highest BCUT2D eigenvalue weighted by atomic mass is 15.1. The van der Waals surface area contributed by atoms with Gasteiger partial charge in [0, 0.05) is 6.54 Å².